The zero-order chi connectivity index (χ0) is 19.5. The lowest BCUT2D eigenvalue weighted by Crippen LogP contribution is -2.36. The van der Waals surface area contributed by atoms with Crippen LogP contribution in [-0.4, -0.2) is 45.9 Å². The number of hydrogen-bond donors (Lipinski definition) is 1. The number of rotatable bonds is 5. The molecule has 1 aliphatic heterocycles. The van der Waals surface area contributed by atoms with Crippen LogP contribution in [0.25, 0.3) is 5.52 Å². The number of nitrogens with one attached hydrogen (secondary N) is 1. The Labute approximate surface area is 172 Å². The van der Waals surface area contributed by atoms with Gasteiger partial charge in [0.25, 0.3) is 0 Å². The van der Waals surface area contributed by atoms with Crippen molar-refractivity contribution in [2.45, 2.75) is 9.92 Å². The monoisotopic (exact) mass is 404 g/mol. The van der Waals surface area contributed by atoms with Gasteiger partial charge in [0.1, 0.15) is 5.03 Å². The average molecular weight is 404 g/mol. The highest BCUT2D eigenvalue weighted by Crippen LogP contribution is 2.28. The molecule has 8 heteroatoms. The minimum atomic E-state index is 0.560. The van der Waals surface area contributed by atoms with Crippen LogP contribution in [0.3, 0.4) is 0 Å². The molecule has 0 bridgehead atoms. The molecular formula is C21H20N6OS. The van der Waals surface area contributed by atoms with Gasteiger partial charge in [0.05, 0.1) is 24.9 Å². The SMILES string of the molecule is c1cc(Sc2ccc3cnc(Nc4ccc(N5CCOCC5)cc4)nn23)ccn1. The van der Waals surface area contributed by atoms with Gasteiger partial charge in [-0.15, -0.1) is 5.10 Å². The van der Waals surface area contributed by atoms with E-state index in [2.05, 4.69) is 55.6 Å². The predicted molar refractivity (Wildman–Crippen MR) is 114 cm³/mol. The zero-order valence-electron chi connectivity index (χ0n) is 15.7. The highest BCUT2D eigenvalue weighted by molar-refractivity contribution is 7.99. The van der Waals surface area contributed by atoms with Gasteiger partial charge in [-0.2, -0.15) is 0 Å². The van der Waals surface area contributed by atoms with Crippen molar-refractivity contribution >= 4 is 34.6 Å². The molecule has 4 heterocycles. The van der Waals surface area contributed by atoms with Crippen LogP contribution in [0.1, 0.15) is 0 Å². The summed E-state index contributed by atoms with van der Waals surface area (Å²) >= 11 is 1.65. The number of anilines is 3. The summed E-state index contributed by atoms with van der Waals surface area (Å²) in [6, 6.07) is 16.4. The van der Waals surface area contributed by atoms with E-state index in [1.165, 1.54) is 5.69 Å². The Morgan fingerprint density at radius 1 is 0.931 bits per heavy atom. The van der Waals surface area contributed by atoms with Crippen LogP contribution in [0.2, 0.25) is 0 Å². The van der Waals surface area contributed by atoms with Crippen LogP contribution in [0, 0.1) is 0 Å². The predicted octanol–water partition coefficient (Wildman–Crippen LogP) is 3.86. The molecule has 7 nitrogen and oxygen atoms in total. The van der Waals surface area contributed by atoms with E-state index in [4.69, 9.17) is 4.74 Å². The summed E-state index contributed by atoms with van der Waals surface area (Å²) < 4.78 is 7.33. The summed E-state index contributed by atoms with van der Waals surface area (Å²) in [4.78, 5) is 12.0. The van der Waals surface area contributed by atoms with Crippen LogP contribution in [0.4, 0.5) is 17.3 Å². The quantitative estimate of drug-likeness (QED) is 0.542. The number of hydrogen-bond acceptors (Lipinski definition) is 7. The Morgan fingerprint density at radius 2 is 1.72 bits per heavy atom. The maximum atomic E-state index is 5.42. The molecule has 4 aromatic rings. The van der Waals surface area contributed by atoms with E-state index in [0.29, 0.717) is 5.95 Å². The third-order valence-electron chi connectivity index (χ3n) is 4.74. The molecule has 29 heavy (non-hydrogen) atoms. The van der Waals surface area contributed by atoms with E-state index >= 15 is 0 Å². The maximum absolute atomic E-state index is 5.42. The van der Waals surface area contributed by atoms with Gasteiger partial charge in [0.15, 0.2) is 0 Å². The molecule has 0 amide bonds. The molecule has 5 rings (SSSR count). The van der Waals surface area contributed by atoms with Gasteiger partial charge >= 0.3 is 0 Å². The van der Waals surface area contributed by atoms with Gasteiger partial charge in [-0.1, -0.05) is 11.8 Å². The molecule has 0 saturated carbocycles. The largest absolute Gasteiger partial charge is 0.378 e. The molecule has 1 N–H and O–H groups in total. The molecule has 146 valence electrons. The van der Waals surface area contributed by atoms with Crippen molar-refractivity contribution in [2.24, 2.45) is 0 Å². The Morgan fingerprint density at radius 3 is 2.52 bits per heavy atom. The Bertz CT molecular complexity index is 1090. The van der Waals surface area contributed by atoms with Crippen molar-refractivity contribution in [1.29, 1.82) is 0 Å². The van der Waals surface area contributed by atoms with Gasteiger partial charge < -0.3 is 15.0 Å². The van der Waals surface area contributed by atoms with Crippen LogP contribution >= 0.6 is 11.8 Å². The van der Waals surface area contributed by atoms with Crippen molar-refractivity contribution in [3.63, 3.8) is 0 Å². The number of ether oxygens (including phenoxy) is 1. The highest BCUT2D eigenvalue weighted by Gasteiger charge is 2.11. The smallest absolute Gasteiger partial charge is 0.245 e. The molecule has 3 aromatic heterocycles. The average Bonchev–Trinajstić information content (AvgIpc) is 3.18. The van der Waals surface area contributed by atoms with E-state index < -0.39 is 0 Å². The summed E-state index contributed by atoms with van der Waals surface area (Å²) in [5.41, 5.74) is 3.11. The summed E-state index contributed by atoms with van der Waals surface area (Å²) in [7, 11) is 0. The molecule has 0 radical (unpaired) electrons. The van der Waals surface area contributed by atoms with Crippen LogP contribution in [-0.2, 0) is 4.74 Å². The zero-order valence-corrected chi connectivity index (χ0v) is 16.5. The minimum Gasteiger partial charge on any atom is -0.378 e. The fourth-order valence-electron chi connectivity index (χ4n) is 3.25. The Hall–Kier alpha value is -3.10. The first kappa shape index (κ1) is 18.0. The molecule has 1 aliphatic rings. The number of nitrogens with zero attached hydrogens (tertiary/aromatic N) is 5. The van der Waals surface area contributed by atoms with Crippen molar-refractivity contribution in [2.75, 3.05) is 36.5 Å². The molecule has 0 spiro atoms. The van der Waals surface area contributed by atoms with Crippen molar-refractivity contribution in [3.05, 3.63) is 67.1 Å². The van der Waals surface area contributed by atoms with E-state index in [1.54, 1.807) is 24.2 Å². The molecule has 1 fully saturated rings. The van der Waals surface area contributed by atoms with E-state index in [1.807, 2.05) is 28.9 Å². The summed E-state index contributed by atoms with van der Waals surface area (Å²) in [6.07, 6.45) is 5.41. The first-order valence-electron chi connectivity index (χ1n) is 9.48. The summed E-state index contributed by atoms with van der Waals surface area (Å²) in [5.74, 6) is 0.560. The van der Waals surface area contributed by atoms with Crippen LogP contribution in [0.15, 0.2) is 77.0 Å². The van der Waals surface area contributed by atoms with Gasteiger partial charge in [-0.25, -0.2) is 9.50 Å². The molecule has 1 saturated heterocycles. The molecule has 1 aromatic carbocycles. The van der Waals surface area contributed by atoms with Crippen LogP contribution in [0.5, 0.6) is 0 Å². The summed E-state index contributed by atoms with van der Waals surface area (Å²) in [6.45, 7) is 3.42. The van der Waals surface area contributed by atoms with E-state index in [9.17, 15) is 0 Å². The third kappa shape index (κ3) is 4.03. The number of morpholine rings is 1. The first-order chi connectivity index (χ1) is 14.3. The minimum absolute atomic E-state index is 0.560. The van der Waals surface area contributed by atoms with Crippen molar-refractivity contribution < 1.29 is 4.74 Å². The number of pyridine rings is 1. The van der Waals surface area contributed by atoms with Gasteiger partial charge in [0.2, 0.25) is 5.95 Å². The Kier molecular flexibility index (Phi) is 5.02. The van der Waals surface area contributed by atoms with Gasteiger partial charge in [0, 0.05) is 41.8 Å². The maximum Gasteiger partial charge on any atom is 0.245 e. The lowest BCUT2D eigenvalue weighted by Gasteiger charge is -2.28. The fraction of sp³-hybridized carbons (Fsp3) is 0.190. The second-order valence-electron chi connectivity index (χ2n) is 6.65. The van der Waals surface area contributed by atoms with Crippen molar-refractivity contribution in [1.82, 2.24) is 19.6 Å². The van der Waals surface area contributed by atoms with E-state index in [-0.39, 0.29) is 0 Å². The second kappa shape index (κ2) is 8.10. The Balaban J connectivity index is 1.34. The second-order valence-corrected chi connectivity index (χ2v) is 7.74. The van der Waals surface area contributed by atoms with Crippen LogP contribution < -0.4 is 10.2 Å². The third-order valence-corrected chi connectivity index (χ3v) is 5.76. The number of benzene rings is 1. The van der Waals surface area contributed by atoms with E-state index in [0.717, 1.165) is 47.4 Å². The highest BCUT2D eigenvalue weighted by atomic mass is 32.2. The molecular weight excluding hydrogens is 384 g/mol. The summed E-state index contributed by atoms with van der Waals surface area (Å²) in [5, 5.41) is 9.00. The van der Waals surface area contributed by atoms with Crippen molar-refractivity contribution in [3.8, 4) is 0 Å². The first-order valence-corrected chi connectivity index (χ1v) is 10.3. The lowest BCUT2D eigenvalue weighted by molar-refractivity contribution is 0.122. The topological polar surface area (TPSA) is 67.6 Å². The molecule has 0 atom stereocenters. The standard InChI is InChI=1S/C21H20N6OS/c1-3-17(26-11-13-28-14-12-26)4-2-16(1)24-21-23-15-18-5-6-20(27(18)25-21)29-19-7-9-22-10-8-19/h1-10,15H,11-14H2,(H,24,25). The van der Waals surface area contributed by atoms with Gasteiger partial charge in [-0.3, -0.25) is 4.98 Å². The lowest BCUT2D eigenvalue weighted by atomic mass is 10.2. The number of fused-ring (bicyclic) bond motifs is 1. The normalized spacial score (nSPS) is 14.3. The fourth-order valence-corrected chi connectivity index (χ4v) is 4.11. The number of aromatic nitrogens is 4. The molecule has 0 aliphatic carbocycles. The van der Waals surface area contributed by atoms with Gasteiger partial charge in [-0.05, 0) is 48.5 Å². The molecule has 0 unspecified atom stereocenters.